The third-order valence-corrected chi connectivity index (χ3v) is 1.88. The molecule has 1 aromatic heterocycles. The standard InChI is InChI=1S/C6H6N2O.C6H7NO/c7-6(9)5-2-1-3-8-4-5;7-5-3-1-2-4-6(5)8/h1-4H,(H2,7,9);1-4,8H,7H2. The molecule has 0 radical (unpaired) electrons. The van der Waals surface area contributed by atoms with Crippen LogP contribution in [0.15, 0.2) is 48.8 Å². The Bertz CT molecular complexity index is 465. The Morgan fingerprint density at radius 1 is 1.18 bits per heavy atom. The number of phenols is 1. The highest BCUT2D eigenvalue weighted by Gasteiger charge is 1.94. The van der Waals surface area contributed by atoms with Crippen molar-refractivity contribution in [1.82, 2.24) is 4.98 Å². The second kappa shape index (κ2) is 6.12. The SMILES string of the molecule is NC(=O)c1cccnc1.Nc1ccccc1O. The summed E-state index contributed by atoms with van der Waals surface area (Å²) in [6.45, 7) is 0. The topological polar surface area (TPSA) is 102 Å². The molecule has 0 spiro atoms. The van der Waals surface area contributed by atoms with E-state index in [4.69, 9.17) is 16.6 Å². The lowest BCUT2D eigenvalue weighted by Gasteiger charge is -1.92. The van der Waals surface area contributed by atoms with Gasteiger partial charge in [0.1, 0.15) is 5.75 Å². The Morgan fingerprint density at radius 3 is 2.24 bits per heavy atom. The molecule has 2 aromatic rings. The monoisotopic (exact) mass is 231 g/mol. The molecule has 0 aliphatic rings. The molecule has 0 aliphatic heterocycles. The van der Waals surface area contributed by atoms with Gasteiger partial charge in [0.25, 0.3) is 0 Å². The number of para-hydroxylation sites is 2. The summed E-state index contributed by atoms with van der Waals surface area (Å²) in [4.78, 5) is 14.1. The number of anilines is 1. The Balaban J connectivity index is 0.000000171. The second-order valence-electron chi connectivity index (χ2n) is 3.16. The predicted octanol–water partition coefficient (Wildman–Crippen LogP) is 1.15. The number of nitrogen functional groups attached to an aromatic ring is 1. The van der Waals surface area contributed by atoms with Gasteiger partial charge in [0, 0.05) is 12.4 Å². The Labute approximate surface area is 98.7 Å². The maximum absolute atomic E-state index is 10.4. The number of rotatable bonds is 1. The molecule has 0 bridgehead atoms. The van der Waals surface area contributed by atoms with Gasteiger partial charge < -0.3 is 16.6 Å². The van der Waals surface area contributed by atoms with E-state index in [-0.39, 0.29) is 5.75 Å². The molecule has 5 N–H and O–H groups in total. The zero-order chi connectivity index (χ0) is 12.7. The van der Waals surface area contributed by atoms with Gasteiger partial charge in [-0.25, -0.2) is 0 Å². The number of pyridine rings is 1. The fraction of sp³-hybridized carbons (Fsp3) is 0. The number of carbonyl (C=O) groups is 1. The number of nitrogens with zero attached hydrogens (tertiary/aromatic N) is 1. The lowest BCUT2D eigenvalue weighted by Crippen LogP contribution is -2.10. The Hall–Kier alpha value is -2.56. The third kappa shape index (κ3) is 4.21. The highest BCUT2D eigenvalue weighted by molar-refractivity contribution is 5.92. The van der Waals surface area contributed by atoms with Gasteiger partial charge in [-0.2, -0.15) is 0 Å². The molecule has 0 fully saturated rings. The van der Waals surface area contributed by atoms with Gasteiger partial charge in [-0.1, -0.05) is 12.1 Å². The van der Waals surface area contributed by atoms with Gasteiger partial charge in [0.2, 0.25) is 5.91 Å². The van der Waals surface area contributed by atoms with E-state index in [9.17, 15) is 4.79 Å². The van der Waals surface area contributed by atoms with Crippen LogP contribution < -0.4 is 11.5 Å². The molecule has 1 aromatic carbocycles. The van der Waals surface area contributed by atoms with Crippen LogP contribution in [0.3, 0.4) is 0 Å². The first-order valence-electron chi connectivity index (χ1n) is 4.84. The van der Waals surface area contributed by atoms with Gasteiger partial charge in [-0.05, 0) is 24.3 Å². The average molecular weight is 231 g/mol. The van der Waals surface area contributed by atoms with E-state index in [1.54, 1.807) is 42.6 Å². The molecule has 0 unspecified atom stereocenters. The predicted molar refractivity (Wildman–Crippen MR) is 65.3 cm³/mol. The average Bonchev–Trinajstić information content (AvgIpc) is 2.35. The minimum Gasteiger partial charge on any atom is -0.506 e. The van der Waals surface area contributed by atoms with Crippen molar-refractivity contribution in [1.29, 1.82) is 0 Å². The van der Waals surface area contributed by atoms with Crippen molar-refractivity contribution in [2.45, 2.75) is 0 Å². The van der Waals surface area contributed by atoms with Crippen LogP contribution in [0.5, 0.6) is 5.75 Å². The molecule has 0 aliphatic carbocycles. The van der Waals surface area contributed by atoms with Gasteiger partial charge in [-0.15, -0.1) is 0 Å². The molecular weight excluding hydrogens is 218 g/mol. The molecule has 1 heterocycles. The van der Waals surface area contributed by atoms with Crippen LogP contribution in [0.2, 0.25) is 0 Å². The summed E-state index contributed by atoms with van der Waals surface area (Å²) in [6.07, 6.45) is 3.02. The van der Waals surface area contributed by atoms with Crippen molar-refractivity contribution in [3.63, 3.8) is 0 Å². The molecule has 0 saturated carbocycles. The van der Waals surface area contributed by atoms with Crippen molar-refractivity contribution in [3.05, 3.63) is 54.4 Å². The summed E-state index contributed by atoms with van der Waals surface area (Å²) in [5, 5.41) is 8.79. The summed E-state index contributed by atoms with van der Waals surface area (Å²) >= 11 is 0. The lowest BCUT2D eigenvalue weighted by molar-refractivity contribution is 0.1000. The molecule has 0 saturated heterocycles. The largest absolute Gasteiger partial charge is 0.506 e. The van der Waals surface area contributed by atoms with Gasteiger partial charge in [0.15, 0.2) is 0 Å². The molecule has 17 heavy (non-hydrogen) atoms. The first kappa shape index (κ1) is 12.5. The first-order valence-corrected chi connectivity index (χ1v) is 4.84. The summed E-state index contributed by atoms with van der Waals surface area (Å²) in [6, 6.07) is 9.99. The number of amides is 1. The zero-order valence-corrected chi connectivity index (χ0v) is 9.08. The van der Waals surface area contributed by atoms with Gasteiger partial charge >= 0.3 is 0 Å². The summed E-state index contributed by atoms with van der Waals surface area (Å²) in [7, 11) is 0. The highest BCUT2D eigenvalue weighted by atomic mass is 16.3. The fourth-order valence-electron chi connectivity index (χ4n) is 0.996. The van der Waals surface area contributed by atoms with Crippen molar-refractivity contribution in [3.8, 4) is 5.75 Å². The van der Waals surface area contributed by atoms with E-state index in [2.05, 4.69) is 4.98 Å². The molecular formula is C12H13N3O2. The molecule has 5 nitrogen and oxygen atoms in total. The number of hydrogen-bond donors (Lipinski definition) is 3. The van der Waals surface area contributed by atoms with E-state index < -0.39 is 5.91 Å². The van der Waals surface area contributed by atoms with Gasteiger partial charge in [-0.3, -0.25) is 9.78 Å². The second-order valence-corrected chi connectivity index (χ2v) is 3.16. The van der Waals surface area contributed by atoms with Crippen LogP contribution >= 0.6 is 0 Å². The fourth-order valence-corrected chi connectivity index (χ4v) is 0.996. The van der Waals surface area contributed by atoms with Crippen molar-refractivity contribution >= 4 is 11.6 Å². The van der Waals surface area contributed by atoms with Crippen molar-refractivity contribution < 1.29 is 9.90 Å². The van der Waals surface area contributed by atoms with E-state index in [1.807, 2.05) is 0 Å². The van der Waals surface area contributed by atoms with Crippen LogP contribution in [-0.2, 0) is 0 Å². The quantitative estimate of drug-likeness (QED) is 0.506. The number of carbonyl (C=O) groups excluding carboxylic acids is 1. The normalized spacial score (nSPS) is 8.94. The summed E-state index contributed by atoms with van der Waals surface area (Å²) in [5.41, 5.74) is 11.1. The lowest BCUT2D eigenvalue weighted by atomic mass is 10.3. The van der Waals surface area contributed by atoms with E-state index in [0.29, 0.717) is 11.3 Å². The minimum absolute atomic E-state index is 0.146. The van der Waals surface area contributed by atoms with Gasteiger partial charge in [0.05, 0.1) is 11.3 Å². The maximum Gasteiger partial charge on any atom is 0.250 e. The number of phenolic OH excluding ortho intramolecular Hbond substituents is 1. The smallest absolute Gasteiger partial charge is 0.250 e. The highest BCUT2D eigenvalue weighted by Crippen LogP contribution is 2.16. The summed E-state index contributed by atoms with van der Waals surface area (Å²) < 4.78 is 0. The first-order chi connectivity index (χ1) is 8.11. The van der Waals surface area contributed by atoms with E-state index in [1.165, 1.54) is 6.20 Å². The molecule has 0 atom stereocenters. The van der Waals surface area contributed by atoms with E-state index in [0.717, 1.165) is 0 Å². The van der Waals surface area contributed by atoms with E-state index >= 15 is 0 Å². The number of aromatic nitrogens is 1. The van der Waals surface area contributed by atoms with Crippen LogP contribution in [0, 0.1) is 0 Å². The number of nitrogens with two attached hydrogens (primary N) is 2. The number of benzene rings is 1. The van der Waals surface area contributed by atoms with Crippen molar-refractivity contribution in [2.75, 3.05) is 5.73 Å². The van der Waals surface area contributed by atoms with Crippen molar-refractivity contribution in [2.24, 2.45) is 5.73 Å². The molecule has 5 heteroatoms. The van der Waals surface area contributed by atoms with Crippen LogP contribution in [0.1, 0.15) is 10.4 Å². The molecule has 2 rings (SSSR count). The van der Waals surface area contributed by atoms with Crippen LogP contribution in [0.25, 0.3) is 0 Å². The molecule has 1 amide bonds. The Kier molecular flexibility index (Phi) is 4.50. The number of primary amides is 1. The maximum atomic E-state index is 10.4. The molecule has 88 valence electrons. The number of aromatic hydroxyl groups is 1. The van der Waals surface area contributed by atoms with Crippen LogP contribution in [-0.4, -0.2) is 16.0 Å². The summed E-state index contributed by atoms with van der Waals surface area (Å²) in [5.74, 6) is -0.296. The minimum atomic E-state index is -0.442. The Morgan fingerprint density at radius 2 is 1.88 bits per heavy atom. The third-order valence-electron chi connectivity index (χ3n) is 1.88. The van der Waals surface area contributed by atoms with Crippen LogP contribution in [0.4, 0.5) is 5.69 Å². The number of hydrogen-bond acceptors (Lipinski definition) is 4. The zero-order valence-electron chi connectivity index (χ0n) is 9.08.